The molecule has 0 saturated heterocycles. The maximum Gasteiger partial charge on any atom is 0.251 e. The van der Waals surface area contributed by atoms with E-state index < -0.39 is 0 Å². The lowest BCUT2D eigenvalue weighted by Gasteiger charge is -2.08. The van der Waals surface area contributed by atoms with Crippen molar-refractivity contribution in [1.29, 1.82) is 0 Å². The van der Waals surface area contributed by atoms with Crippen LogP contribution in [0.3, 0.4) is 0 Å². The second-order valence-electron chi connectivity index (χ2n) is 5.99. The Morgan fingerprint density at radius 2 is 1.96 bits per heavy atom. The van der Waals surface area contributed by atoms with Crippen molar-refractivity contribution in [3.8, 4) is 5.75 Å². The van der Waals surface area contributed by atoms with Gasteiger partial charge >= 0.3 is 0 Å². The molecule has 0 unspecified atom stereocenters. The lowest BCUT2D eigenvalue weighted by atomic mass is 10.1. The fourth-order valence-corrected chi connectivity index (χ4v) is 1.99. The third-order valence-corrected chi connectivity index (χ3v) is 3.55. The number of carbonyl (C=O) groups is 1. The maximum absolute atomic E-state index is 12.1. The van der Waals surface area contributed by atoms with Crippen molar-refractivity contribution in [1.82, 2.24) is 10.3 Å². The van der Waals surface area contributed by atoms with Crippen LogP contribution in [0.25, 0.3) is 0 Å². The number of nitrogens with one attached hydrogen (secondary N) is 1. The molecule has 2 rings (SSSR count). The molecule has 1 heterocycles. The van der Waals surface area contributed by atoms with Crippen LogP contribution in [-0.2, 0) is 6.54 Å². The summed E-state index contributed by atoms with van der Waals surface area (Å²) >= 11 is 0. The molecule has 5 heteroatoms. The molecule has 23 heavy (non-hydrogen) atoms. The Kier molecular flexibility index (Phi) is 5.79. The van der Waals surface area contributed by atoms with Gasteiger partial charge in [0.2, 0.25) is 5.89 Å². The molecule has 0 aliphatic rings. The zero-order valence-corrected chi connectivity index (χ0v) is 14.2. The second-order valence-corrected chi connectivity index (χ2v) is 5.99. The van der Waals surface area contributed by atoms with Gasteiger partial charge in [0.05, 0.1) is 18.8 Å². The Bertz CT molecular complexity index is 625. The molecule has 0 spiro atoms. The molecule has 0 fully saturated rings. The minimum Gasteiger partial charge on any atom is -0.494 e. The van der Waals surface area contributed by atoms with Crippen molar-refractivity contribution in [2.75, 3.05) is 6.61 Å². The van der Waals surface area contributed by atoms with Gasteiger partial charge in [-0.3, -0.25) is 4.79 Å². The minimum absolute atomic E-state index is 0.160. The van der Waals surface area contributed by atoms with Gasteiger partial charge in [-0.15, -0.1) is 0 Å². The molecule has 2 aromatic rings. The van der Waals surface area contributed by atoms with Crippen molar-refractivity contribution >= 4 is 5.91 Å². The summed E-state index contributed by atoms with van der Waals surface area (Å²) < 4.78 is 11.1. The number of hydrogen-bond donors (Lipinski definition) is 1. The second kappa shape index (κ2) is 7.81. The van der Waals surface area contributed by atoms with E-state index in [2.05, 4.69) is 24.1 Å². The molecule has 0 aliphatic heterocycles. The highest BCUT2D eigenvalue weighted by Gasteiger charge is 2.09. The summed E-state index contributed by atoms with van der Waals surface area (Å²) in [4.78, 5) is 16.3. The van der Waals surface area contributed by atoms with Gasteiger partial charge in [0, 0.05) is 5.56 Å². The quantitative estimate of drug-likeness (QED) is 0.847. The van der Waals surface area contributed by atoms with Crippen molar-refractivity contribution < 1.29 is 13.9 Å². The molecule has 1 aromatic carbocycles. The normalized spacial score (nSPS) is 10.8. The molecule has 0 atom stereocenters. The lowest BCUT2D eigenvalue weighted by molar-refractivity contribution is 0.0947. The summed E-state index contributed by atoms with van der Waals surface area (Å²) in [6, 6.07) is 7.14. The first-order valence-corrected chi connectivity index (χ1v) is 7.89. The van der Waals surface area contributed by atoms with E-state index in [1.807, 2.05) is 26.0 Å². The summed E-state index contributed by atoms with van der Waals surface area (Å²) in [6.45, 7) is 9.02. The molecule has 124 valence electrons. The van der Waals surface area contributed by atoms with E-state index in [1.165, 1.54) is 0 Å². The summed E-state index contributed by atoms with van der Waals surface area (Å²) in [5, 5.41) is 2.80. The predicted molar refractivity (Wildman–Crippen MR) is 88.5 cm³/mol. The Morgan fingerprint density at radius 1 is 1.26 bits per heavy atom. The van der Waals surface area contributed by atoms with Gasteiger partial charge in [-0.2, -0.15) is 0 Å². The minimum atomic E-state index is -0.160. The van der Waals surface area contributed by atoms with E-state index in [0.717, 1.165) is 23.6 Å². The molecule has 0 saturated carbocycles. The Balaban J connectivity index is 1.84. The van der Waals surface area contributed by atoms with E-state index in [4.69, 9.17) is 9.15 Å². The zero-order chi connectivity index (χ0) is 16.8. The van der Waals surface area contributed by atoms with Gasteiger partial charge in [-0.25, -0.2) is 4.98 Å². The Morgan fingerprint density at radius 3 is 2.52 bits per heavy atom. The topological polar surface area (TPSA) is 64.4 Å². The van der Waals surface area contributed by atoms with E-state index in [1.54, 1.807) is 12.1 Å². The molecule has 5 nitrogen and oxygen atoms in total. The number of nitrogens with zero attached hydrogens (tertiary/aromatic N) is 1. The first kappa shape index (κ1) is 17.1. The molecule has 0 bridgehead atoms. The van der Waals surface area contributed by atoms with Crippen molar-refractivity contribution in [2.45, 2.75) is 40.7 Å². The van der Waals surface area contributed by atoms with Crippen LogP contribution in [0, 0.1) is 19.8 Å². The molecule has 1 aromatic heterocycles. The van der Waals surface area contributed by atoms with E-state index >= 15 is 0 Å². The fourth-order valence-electron chi connectivity index (χ4n) is 1.99. The number of amides is 1. The first-order valence-electron chi connectivity index (χ1n) is 7.89. The lowest BCUT2D eigenvalue weighted by Crippen LogP contribution is -2.22. The zero-order valence-electron chi connectivity index (χ0n) is 14.2. The van der Waals surface area contributed by atoms with Crippen LogP contribution in [0.2, 0.25) is 0 Å². The average Bonchev–Trinajstić information content (AvgIpc) is 2.84. The van der Waals surface area contributed by atoms with Gasteiger partial charge in [0.15, 0.2) is 0 Å². The molecular formula is C18H24N2O3. The van der Waals surface area contributed by atoms with Crippen LogP contribution < -0.4 is 10.1 Å². The Hall–Kier alpha value is -2.30. The molecule has 0 aliphatic carbocycles. The third-order valence-electron chi connectivity index (χ3n) is 3.55. The highest BCUT2D eigenvalue weighted by molar-refractivity contribution is 5.94. The van der Waals surface area contributed by atoms with Crippen LogP contribution in [0.1, 0.15) is 48.0 Å². The van der Waals surface area contributed by atoms with Crippen molar-refractivity contribution in [3.05, 3.63) is 47.2 Å². The van der Waals surface area contributed by atoms with Crippen LogP contribution in [0.4, 0.5) is 0 Å². The maximum atomic E-state index is 12.1. The van der Waals surface area contributed by atoms with E-state index in [9.17, 15) is 4.79 Å². The van der Waals surface area contributed by atoms with Crippen LogP contribution in [0.15, 0.2) is 28.7 Å². The van der Waals surface area contributed by atoms with Gasteiger partial charge in [-0.1, -0.05) is 13.8 Å². The number of oxazole rings is 1. The molecule has 1 amide bonds. The van der Waals surface area contributed by atoms with Gasteiger partial charge in [0.25, 0.3) is 5.91 Å². The van der Waals surface area contributed by atoms with Crippen LogP contribution in [0.5, 0.6) is 5.75 Å². The summed E-state index contributed by atoms with van der Waals surface area (Å²) in [5.41, 5.74) is 1.43. The smallest absolute Gasteiger partial charge is 0.251 e. The van der Waals surface area contributed by atoms with Crippen molar-refractivity contribution in [3.63, 3.8) is 0 Å². The predicted octanol–water partition coefficient (Wildman–Crippen LogP) is 3.65. The fraction of sp³-hybridized carbons (Fsp3) is 0.444. The molecule has 0 radical (unpaired) electrons. The number of aryl methyl sites for hydroxylation is 2. The van der Waals surface area contributed by atoms with Gasteiger partial charge in [0.1, 0.15) is 11.5 Å². The third kappa shape index (κ3) is 5.13. The van der Waals surface area contributed by atoms with Crippen molar-refractivity contribution in [2.24, 2.45) is 5.92 Å². The Labute approximate surface area is 137 Å². The standard InChI is InChI=1S/C18H24N2O3/c1-12(2)9-10-22-16-7-5-15(6-8-16)18(21)19-11-17-20-13(3)14(4)23-17/h5-8,12H,9-11H2,1-4H3,(H,19,21). The SMILES string of the molecule is Cc1nc(CNC(=O)c2ccc(OCCC(C)C)cc2)oc1C. The monoisotopic (exact) mass is 316 g/mol. The number of aromatic nitrogens is 1. The highest BCUT2D eigenvalue weighted by Crippen LogP contribution is 2.14. The average molecular weight is 316 g/mol. The van der Waals surface area contributed by atoms with E-state index in [-0.39, 0.29) is 12.5 Å². The van der Waals surface area contributed by atoms with Gasteiger partial charge < -0.3 is 14.5 Å². The summed E-state index contributed by atoms with van der Waals surface area (Å²) in [5.74, 6) is 2.52. The first-order chi connectivity index (χ1) is 11.0. The number of hydrogen-bond acceptors (Lipinski definition) is 4. The number of benzene rings is 1. The molecule has 1 N–H and O–H groups in total. The highest BCUT2D eigenvalue weighted by atomic mass is 16.5. The molecular weight excluding hydrogens is 292 g/mol. The number of ether oxygens (including phenoxy) is 1. The largest absolute Gasteiger partial charge is 0.494 e. The number of carbonyl (C=O) groups excluding carboxylic acids is 1. The number of rotatable bonds is 7. The van der Waals surface area contributed by atoms with Crippen LogP contribution in [-0.4, -0.2) is 17.5 Å². The summed E-state index contributed by atoms with van der Waals surface area (Å²) in [6.07, 6.45) is 1.01. The summed E-state index contributed by atoms with van der Waals surface area (Å²) in [7, 11) is 0. The van der Waals surface area contributed by atoms with E-state index in [0.29, 0.717) is 24.0 Å². The van der Waals surface area contributed by atoms with Gasteiger partial charge in [-0.05, 0) is 50.5 Å². The van der Waals surface area contributed by atoms with Crippen LogP contribution >= 0.6 is 0 Å².